The molecule has 1 heterocycles. The van der Waals surface area contributed by atoms with Crippen LogP contribution in [0.25, 0.3) is 0 Å². The fourth-order valence-corrected chi connectivity index (χ4v) is 1.87. The zero-order valence-electron chi connectivity index (χ0n) is 9.44. The number of hydrogen-bond acceptors (Lipinski definition) is 2. The van der Waals surface area contributed by atoms with Gasteiger partial charge in [0.15, 0.2) is 0 Å². The third kappa shape index (κ3) is 2.10. The molecule has 0 aliphatic rings. The van der Waals surface area contributed by atoms with Gasteiger partial charge in [-0.3, -0.25) is 4.57 Å². The van der Waals surface area contributed by atoms with Crippen LogP contribution in [0.5, 0.6) is 0 Å². The molecule has 0 unspecified atom stereocenters. The molecule has 1 aromatic carbocycles. The van der Waals surface area contributed by atoms with Crippen LogP contribution in [0.4, 0.5) is 4.39 Å². The molecular formula is C11H11ClFN3O. The summed E-state index contributed by atoms with van der Waals surface area (Å²) < 4.78 is 16.2. The number of aryl methyl sites for hydroxylation is 2. The zero-order valence-corrected chi connectivity index (χ0v) is 10.2. The van der Waals surface area contributed by atoms with Gasteiger partial charge in [-0.05, 0) is 19.1 Å². The van der Waals surface area contributed by atoms with E-state index in [4.69, 9.17) is 11.6 Å². The molecule has 0 radical (unpaired) electrons. The molecule has 90 valence electrons. The standard InChI is InChI=1S/C11H11ClFN3O/c1-7-14-15(2)11(17)16(7)6-8-9(12)4-3-5-10(8)13/h3-5H,6H2,1-2H3. The molecule has 0 aliphatic heterocycles. The quantitative estimate of drug-likeness (QED) is 0.820. The predicted octanol–water partition coefficient (Wildman–Crippen LogP) is 1.73. The Morgan fingerprint density at radius 2 is 2.18 bits per heavy atom. The van der Waals surface area contributed by atoms with Gasteiger partial charge in [-0.25, -0.2) is 13.9 Å². The maximum absolute atomic E-state index is 13.6. The maximum Gasteiger partial charge on any atom is 0.345 e. The Hall–Kier alpha value is -1.62. The van der Waals surface area contributed by atoms with Crippen LogP contribution < -0.4 is 5.69 Å². The Kier molecular flexibility index (Phi) is 3.02. The molecule has 0 spiro atoms. The third-order valence-electron chi connectivity index (χ3n) is 2.57. The number of benzene rings is 1. The Morgan fingerprint density at radius 3 is 2.71 bits per heavy atom. The van der Waals surface area contributed by atoms with Crippen molar-refractivity contribution < 1.29 is 4.39 Å². The van der Waals surface area contributed by atoms with Gasteiger partial charge in [0.05, 0.1) is 6.54 Å². The first kappa shape index (κ1) is 11.9. The average molecular weight is 256 g/mol. The van der Waals surface area contributed by atoms with E-state index in [0.717, 1.165) is 0 Å². The van der Waals surface area contributed by atoms with Crippen molar-refractivity contribution in [2.45, 2.75) is 13.5 Å². The van der Waals surface area contributed by atoms with Crippen LogP contribution in [0, 0.1) is 12.7 Å². The van der Waals surface area contributed by atoms with Crippen molar-refractivity contribution in [3.63, 3.8) is 0 Å². The van der Waals surface area contributed by atoms with Crippen molar-refractivity contribution in [1.29, 1.82) is 0 Å². The Bertz CT molecular complexity index is 597. The van der Waals surface area contributed by atoms with Gasteiger partial charge in [-0.1, -0.05) is 17.7 Å². The molecule has 0 bridgehead atoms. The van der Waals surface area contributed by atoms with Crippen molar-refractivity contribution in [3.05, 3.63) is 50.9 Å². The molecule has 17 heavy (non-hydrogen) atoms. The predicted molar refractivity (Wildman–Crippen MR) is 62.7 cm³/mol. The van der Waals surface area contributed by atoms with E-state index in [9.17, 15) is 9.18 Å². The van der Waals surface area contributed by atoms with E-state index in [1.807, 2.05) is 0 Å². The summed E-state index contributed by atoms with van der Waals surface area (Å²) in [5, 5.41) is 4.27. The summed E-state index contributed by atoms with van der Waals surface area (Å²) in [6.07, 6.45) is 0. The van der Waals surface area contributed by atoms with Gasteiger partial charge in [0.1, 0.15) is 11.6 Å². The maximum atomic E-state index is 13.6. The Balaban J connectivity index is 2.49. The van der Waals surface area contributed by atoms with E-state index in [1.54, 1.807) is 20.0 Å². The molecule has 0 atom stereocenters. The van der Waals surface area contributed by atoms with Gasteiger partial charge >= 0.3 is 5.69 Å². The SMILES string of the molecule is Cc1nn(C)c(=O)n1Cc1c(F)cccc1Cl. The molecule has 1 aromatic heterocycles. The fraction of sp³-hybridized carbons (Fsp3) is 0.273. The second-order valence-electron chi connectivity index (χ2n) is 3.74. The van der Waals surface area contributed by atoms with Crippen LogP contribution in [-0.2, 0) is 13.6 Å². The zero-order chi connectivity index (χ0) is 12.6. The number of aromatic nitrogens is 3. The van der Waals surface area contributed by atoms with Gasteiger partial charge in [-0.15, -0.1) is 0 Å². The minimum absolute atomic E-state index is 0.0873. The highest BCUT2D eigenvalue weighted by Crippen LogP contribution is 2.19. The number of rotatable bonds is 2. The molecule has 0 fully saturated rings. The normalized spacial score (nSPS) is 10.8. The van der Waals surface area contributed by atoms with E-state index in [0.29, 0.717) is 16.4 Å². The van der Waals surface area contributed by atoms with Gasteiger partial charge < -0.3 is 0 Å². The molecule has 2 rings (SSSR count). The molecule has 0 saturated carbocycles. The molecule has 0 N–H and O–H groups in total. The largest absolute Gasteiger partial charge is 0.345 e. The van der Waals surface area contributed by atoms with Crippen molar-refractivity contribution in [1.82, 2.24) is 14.3 Å². The first-order valence-electron chi connectivity index (χ1n) is 5.04. The highest BCUT2D eigenvalue weighted by atomic mass is 35.5. The molecule has 0 saturated heterocycles. The van der Waals surface area contributed by atoms with Crippen molar-refractivity contribution in [2.75, 3.05) is 0 Å². The highest BCUT2D eigenvalue weighted by Gasteiger charge is 2.12. The molecule has 0 aliphatic carbocycles. The summed E-state index contributed by atoms with van der Waals surface area (Å²) in [5.74, 6) is 0.101. The van der Waals surface area contributed by atoms with Crippen molar-refractivity contribution in [2.24, 2.45) is 7.05 Å². The molecule has 0 amide bonds. The number of hydrogen-bond donors (Lipinski definition) is 0. The summed E-state index contributed by atoms with van der Waals surface area (Å²) in [7, 11) is 1.55. The smallest absolute Gasteiger partial charge is 0.275 e. The topological polar surface area (TPSA) is 39.8 Å². The van der Waals surface area contributed by atoms with Crippen LogP contribution in [0.1, 0.15) is 11.4 Å². The minimum Gasteiger partial charge on any atom is -0.275 e. The van der Waals surface area contributed by atoms with Crippen molar-refractivity contribution >= 4 is 11.6 Å². The van der Waals surface area contributed by atoms with E-state index >= 15 is 0 Å². The monoisotopic (exact) mass is 255 g/mol. The first-order chi connectivity index (χ1) is 8.00. The van der Waals surface area contributed by atoms with Gasteiger partial charge in [0.2, 0.25) is 0 Å². The van der Waals surface area contributed by atoms with Crippen LogP contribution >= 0.6 is 11.6 Å². The summed E-state index contributed by atoms with van der Waals surface area (Å²) >= 11 is 5.91. The average Bonchev–Trinajstić information content (AvgIpc) is 2.49. The van der Waals surface area contributed by atoms with Crippen LogP contribution in [0.15, 0.2) is 23.0 Å². The molecular weight excluding hydrogens is 245 g/mol. The fourth-order valence-electron chi connectivity index (χ4n) is 1.65. The van der Waals surface area contributed by atoms with E-state index in [-0.39, 0.29) is 12.2 Å². The highest BCUT2D eigenvalue weighted by molar-refractivity contribution is 6.31. The van der Waals surface area contributed by atoms with E-state index in [1.165, 1.54) is 21.4 Å². The summed E-state index contributed by atoms with van der Waals surface area (Å²) in [4.78, 5) is 11.7. The van der Waals surface area contributed by atoms with E-state index in [2.05, 4.69) is 5.10 Å². The molecule has 2 aromatic rings. The van der Waals surface area contributed by atoms with Crippen LogP contribution in [0.2, 0.25) is 5.02 Å². The summed E-state index contributed by atoms with van der Waals surface area (Å²) in [6, 6.07) is 4.44. The lowest BCUT2D eigenvalue weighted by atomic mass is 10.2. The number of nitrogens with zero attached hydrogens (tertiary/aromatic N) is 3. The third-order valence-corrected chi connectivity index (χ3v) is 2.93. The second kappa shape index (κ2) is 4.33. The van der Waals surface area contributed by atoms with Gasteiger partial charge in [0.25, 0.3) is 0 Å². The molecule has 6 heteroatoms. The summed E-state index contributed by atoms with van der Waals surface area (Å²) in [5.41, 5.74) is 0.00851. The van der Waals surface area contributed by atoms with Gasteiger partial charge in [-0.2, -0.15) is 5.10 Å². The minimum atomic E-state index is -0.423. The van der Waals surface area contributed by atoms with Crippen LogP contribution in [-0.4, -0.2) is 14.3 Å². The lowest BCUT2D eigenvalue weighted by Crippen LogP contribution is -2.24. The Labute approximate surface area is 102 Å². The van der Waals surface area contributed by atoms with Crippen molar-refractivity contribution in [3.8, 4) is 0 Å². The molecule has 4 nitrogen and oxygen atoms in total. The van der Waals surface area contributed by atoms with E-state index < -0.39 is 5.82 Å². The first-order valence-corrected chi connectivity index (χ1v) is 5.42. The lowest BCUT2D eigenvalue weighted by molar-refractivity contribution is 0.591. The van der Waals surface area contributed by atoms with Crippen LogP contribution in [0.3, 0.4) is 0 Å². The second-order valence-corrected chi connectivity index (χ2v) is 4.15. The summed E-state index contributed by atoms with van der Waals surface area (Å²) in [6.45, 7) is 1.78. The van der Waals surface area contributed by atoms with Gasteiger partial charge in [0, 0.05) is 17.6 Å². The lowest BCUT2D eigenvalue weighted by Gasteiger charge is -2.06. The Morgan fingerprint density at radius 1 is 1.47 bits per heavy atom. The number of halogens is 2.